The fourth-order valence-corrected chi connectivity index (χ4v) is 0. The Kier molecular flexibility index (Phi) is 1.69. The molecule has 0 radical (unpaired) electrons. The molecule has 0 amide bonds. The minimum absolute atomic E-state index is 0.791. The van der Waals surface area contributed by atoms with Crippen molar-refractivity contribution >= 4 is 8.20 Å². The van der Waals surface area contributed by atoms with Crippen molar-refractivity contribution in [2.24, 2.45) is 0 Å². The van der Waals surface area contributed by atoms with Crippen LogP contribution in [0.4, 0.5) is 0 Å². The van der Waals surface area contributed by atoms with Crippen LogP contribution in [0.5, 0.6) is 0 Å². The summed E-state index contributed by atoms with van der Waals surface area (Å²) in [5.74, 6) is 0. The van der Waals surface area contributed by atoms with Crippen molar-refractivity contribution < 1.29 is 31.9 Å². The second-order valence-corrected chi connectivity index (χ2v) is 4.98. The van der Waals surface area contributed by atoms with Gasteiger partial charge in [0.05, 0.1) is 0 Å². The monoisotopic (exact) mass is 181 g/mol. The van der Waals surface area contributed by atoms with Gasteiger partial charge in [0.25, 0.3) is 0 Å². The average molecular weight is 179 g/mol. The first-order valence-electron chi connectivity index (χ1n) is 0.765. The molecule has 0 bridgehead atoms. The van der Waals surface area contributed by atoms with Crippen LogP contribution in [0.3, 0.4) is 0 Å². The van der Waals surface area contributed by atoms with Gasteiger partial charge < -0.3 is 0 Å². The Labute approximate surface area is 40.5 Å². The maximum absolute atomic E-state index is 9.33. The van der Waals surface area contributed by atoms with E-state index in [4.69, 9.17) is 9.11 Å². The Bertz CT molecular complexity index is 53.0. The van der Waals surface area contributed by atoms with Gasteiger partial charge in [-0.25, -0.2) is 0 Å². The molecule has 2 N–H and O–H groups in total. The fourth-order valence-electron chi connectivity index (χ4n) is 0. The van der Waals surface area contributed by atoms with Gasteiger partial charge in [-0.1, -0.05) is 0 Å². The summed E-state index contributed by atoms with van der Waals surface area (Å²) in [4.78, 5) is 0. The van der Waals surface area contributed by atoms with Gasteiger partial charge in [0.1, 0.15) is 0 Å². The van der Waals surface area contributed by atoms with Gasteiger partial charge in [0.15, 0.2) is 0 Å². The first-order chi connectivity index (χ1) is 2.00. The maximum atomic E-state index is 9.33. The summed E-state index contributed by atoms with van der Waals surface area (Å²) in [6.45, 7) is 0. The van der Waals surface area contributed by atoms with Gasteiger partial charge >= 0.3 is 40.0 Å². The van der Waals surface area contributed by atoms with Crippen LogP contribution in [0, 0.1) is 0 Å². The van der Waals surface area contributed by atoms with E-state index in [1.165, 1.54) is 0 Å². The molecule has 0 saturated heterocycles. The molecule has 0 aliphatic heterocycles. The first-order valence-corrected chi connectivity index (χ1v) is 4.99. The Hall–Kier alpha value is 0.758. The third-order valence-electron chi connectivity index (χ3n) is 0. The van der Waals surface area contributed by atoms with E-state index in [9.17, 15) is 4.21 Å². The van der Waals surface area contributed by atoms with Crippen molar-refractivity contribution in [3.63, 3.8) is 0 Å². The number of hydrogen-bond donors (Lipinski definition) is 3. The van der Waals surface area contributed by atoms with Crippen molar-refractivity contribution in [2.75, 3.05) is 0 Å². The minimum atomic E-state index is -3.63. The van der Waals surface area contributed by atoms with Gasteiger partial charge in [0.2, 0.25) is 0 Å². The second-order valence-electron chi connectivity index (χ2n) is 0.491. The molecule has 0 spiro atoms. The normalized spacial score (nSPS) is 14.8. The van der Waals surface area contributed by atoms with Crippen LogP contribution in [0.25, 0.3) is 0 Å². The van der Waals surface area contributed by atoms with Gasteiger partial charge in [-0.15, -0.1) is 0 Å². The van der Waals surface area contributed by atoms with E-state index < -0.39 is 8.20 Å². The van der Waals surface area contributed by atoms with E-state index in [-0.39, 0.29) is 0 Å². The van der Waals surface area contributed by atoms with Gasteiger partial charge in [-0.05, 0) is 0 Å². The molecule has 0 fully saturated rings. The Morgan fingerprint density at radius 1 is 1.60 bits per heavy atom. The quantitative estimate of drug-likeness (QED) is 0.344. The first kappa shape index (κ1) is 5.76. The zero-order valence-corrected chi connectivity index (χ0v) is 5.06. The third-order valence-corrected chi connectivity index (χ3v) is 0. The van der Waals surface area contributed by atoms with Crippen LogP contribution in [0.1, 0.15) is 0 Å². The number of thiol groups is 1. The van der Waals surface area contributed by atoms with Crippen LogP contribution in [0.2, 0.25) is 0 Å². The number of rotatable bonds is 0. The molecule has 0 unspecified atom stereocenters. The summed E-state index contributed by atoms with van der Waals surface area (Å²) in [5.41, 5.74) is 0. The molecule has 0 heterocycles. The van der Waals surface area contributed by atoms with Gasteiger partial charge in [0, 0.05) is 0 Å². The summed E-state index contributed by atoms with van der Waals surface area (Å²) in [6.07, 6.45) is 0. The molecule has 0 aromatic rings. The molecule has 0 aliphatic rings. The number of hydrogen-bond acceptors (Lipinski definition) is 1. The van der Waals surface area contributed by atoms with E-state index in [2.05, 4.69) is 0 Å². The molecule has 0 aromatic heterocycles. The van der Waals surface area contributed by atoms with Crippen LogP contribution >= 0.6 is 0 Å². The summed E-state index contributed by atoms with van der Waals surface area (Å²) in [7, 11) is -3.63. The summed E-state index contributed by atoms with van der Waals surface area (Å²) in [5, 5.41) is 0. The van der Waals surface area contributed by atoms with Crippen molar-refractivity contribution in [2.45, 2.75) is 0 Å². The van der Waals surface area contributed by atoms with Crippen molar-refractivity contribution in [1.29, 1.82) is 0 Å². The van der Waals surface area contributed by atoms with E-state index >= 15 is 0 Å². The molecule has 0 aromatic carbocycles. The van der Waals surface area contributed by atoms with Crippen molar-refractivity contribution in [3.8, 4) is 0 Å². The fraction of sp³-hybridized carbons (Fsp3) is 0. The molecule has 0 atom stereocenters. The average Bonchev–Trinajstić information content (AvgIpc) is 0.722. The summed E-state index contributed by atoms with van der Waals surface area (Å²) >= 11 is 0.791. The van der Waals surface area contributed by atoms with E-state index in [1.807, 2.05) is 0 Å². The zero-order valence-electron chi connectivity index (χ0n) is 2.16. The van der Waals surface area contributed by atoms with Crippen LogP contribution in [-0.2, 0) is 26.7 Å². The van der Waals surface area contributed by atoms with Crippen molar-refractivity contribution in [3.05, 3.63) is 0 Å². The van der Waals surface area contributed by atoms with Crippen LogP contribution in [-0.4, -0.2) is 13.3 Å². The molecule has 0 saturated carbocycles. The second kappa shape index (κ2) is 1.47. The van der Waals surface area contributed by atoms with E-state index in [0.29, 0.717) is 0 Å². The SMILES string of the molecule is O=[SH](O)(O)[Mo]. The third kappa shape index (κ3) is 63.0. The van der Waals surface area contributed by atoms with E-state index in [1.54, 1.807) is 0 Å². The molecule has 5 heteroatoms. The molecule has 33 valence electrons. The van der Waals surface area contributed by atoms with Crippen LogP contribution in [0.15, 0.2) is 0 Å². The Morgan fingerprint density at radius 3 is 1.60 bits per heavy atom. The van der Waals surface area contributed by atoms with Gasteiger partial charge in [-0.3, -0.25) is 0 Å². The standard InChI is InChI=1S/Mo.H3O3S/c;1-4(2)3/h;4H,(H2,1,2,3). The van der Waals surface area contributed by atoms with Crippen LogP contribution < -0.4 is 0 Å². The van der Waals surface area contributed by atoms with Crippen molar-refractivity contribution in [1.82, 2.24) is 0 Å². The molecular weight excluding hydrogens is 176 g/mol. The zero-order chi connectivity index (χ0) is 4.50. The predicted molar refractivity (Wildman–Crippen MR) is 14.8 cm³/mol. The molecule has 0 rings (SSSR count). The Morgan fingerprint density at radius 2 is 1.60 bits per heavy atom. The predicted octanol–water partition coefficient (Wildman–Crippen LogP) is -0.589. The summed E-state index contributed by atoms with van der Waals surface area (Å²) < 4.78 is 24.6. The molecule has 3 nitrogen and oxygen atoms in total. The van der Waals surface area contributed by atoms with E-state index in [0.717, 1.165) is 18.5 Å². The molecular formula is H3MoO3S. The molecule has 0 aliphatic carbocycles. The topological polar surface area (TPSA) is 57.5 Å². The Balaban J connectivity index is 3.47. The summed E-state index contributed by atoms with van der Waals surface area (Å²) in [6, 6.07) is 0. The molecule has 5 heavy (non-hydrogen) atoms. The van der Waals surface area contributed by atoms with Gasteiger partial charge in [-0.2, -0.15) is 0 Å².